The summed E-state index contributed by atoms with van der Waals surface area (Å²) in [5.41, 5.74) is 3.09. The Labute approximate surface area is 124 Å². The van der Waals surface area contributed by atoms with Gasteiger partial charge in [0.15, 0.2) is 0 Å². The van der Waals surface area contributed by atoms with Gasteiger partial charge in [-0.25, -0.2) is 9.78 Å². The molecule has 0 amide bonds. The smallest absolute Gasteiger partial charge is 0.341 e. The maximum absolute atomic E-state index is 11.3. The number of rotatable bonds is 4. The Kier molecular flexibility index (Phi) is 4.26. The van der Waals surface area contributed by atoms with Gasteiger partial charge in [0.2, 0.25) is 5.88 Å². The summed E-state index contributed by atoms with van der Waals surface area (Å²) in [6.07, 6.45) is 1.55. The van der Waals surface area contributed by atoms with E-state index in [0.29, 0.717) is 17.2 Å². The van der Waals surface area contributed by atoms with E-state index in [2.05, 4.69) is 18.8 Å². The van der Waals surface area contributed by atoms with Crippen molar-refractivity contribution >= 4 is 5.97 Å². The molecule has 0 unspecified atom stereocenters. The highest BCUT2D eigenvalue weighted by atomic mass is 16.5. The minimum atomic E-state index is -1.04. The predicted octanol–water partition coefficient (Wildman–Crippen LogP) is 4.31. The van der Waals surface area contributed by atoms with Crippen LogP contribution in [0.5, 0.6) is 11.6 Å². The Morgan fingerprint density at radius 1 is 1.19 bits per heavy atom. The molecule has 0 atom stereocenters. The van der Waals surface area contributed by atoms with Crippen LogP contribution in [0.25, 0.3) is 0 Å². The van der Waals surface area contributed by atoms with Gasteiger partial charge in [0.05, 0.1) is 0 Å². The molecule has 110 valence electrons. The van der Waals surface area contributed by atoms with Crippen molar-refractivity contribution in [2.24, 2.45) is 0 Å². The van der Waals surface area contributed by atoms with Crippen LogP contribution in [0.1, 0.15) is 46.8 Å². The predicted molar refractivity (Wildman–Crippen MR) is 81.3 cm³/mol. The topological polar surface area (TPSA) is 59.4 Å². The van der Waals surface area contributed by atoms with Gasteiger partial charge in [0.25, 0.3) is 0 Å². The van der Waals surface area contributed by atoms with Gasteiger partial charge in [-0.05, 0) is 54.7 Å². The molecule has 1 aromatic heterocycles. The Hall–Kier alpha value is -2.36. The number of aryl methyl sites for hydroxylation is 2. The van der Waals surface area contributed by atoms with Crippen molar-refractivity contribution in [2.45, 2.75) is 33.6 Å². The molecular weight excluding hydrogens is 266 g/mol. The van der Waals surface area contributed by atoms with E-state index >= 15 is 0 Å². The maximum Gasteiger partial charge on any atom is 0.341 e. The first-order chi connectivity index (χ1) is 9.90. The van der Waals surface area contributed by atoms with Crippen LogP contribution in [0.2, 0.25) is 0 Å². The molecule has 4 heteroatoms. The first-order valence-electron chi connectivity index (χ1n) is 6.87. The van der Waals surface area contributed by atoms with Crippen molar-refractivity contribution in [2.75, 3.05) is 0 Å². The molecular formula is C17H19NO3. The van der Waals surface area contributed by atoms with E-state index in [1.807, 2.05) is 25.1 Å². The van der Waals surface area contributed by atoms with Crippen molar-refractivity contribution in [1.82, 2.24) is 4.98 Å². The number of aromatic carboxylic acids is 1. The Morgan fingerprint density at radius 3 is 2.48 bits per heavy atom. The van der Waals surface area contributed by atoms with Gasteiger partial charge >= 0.3 is 5.97 Å². The molecule has 1 heterocycles. The molecule has 0 aliphatic carbocycles. The summed E-state index contributed by atoms with van der Waals surface area (Å²) in [4.78, 5) is 15.4. The Morgan fingerprint density at radius 2 is 1.90 bits per heavy atom. The number of carboxylic acid groups (broad SMARTS) is 1. The zero-order valence-corrected chi connectivity index (χ0v) is 12.7. The highest BCUT2D eigenvalue weighted by Gasteiger charge is 2.16. The number of ether oxygens (including phenoxy) is 1. The van der Waals surface area contributed by atoms with E-state index in [1.165, 1.54) is 5.56 Å². The van der Waals surface area contributed by atoms with E-state index < -0.39 is 5.97 Å². The molecule has 1 aromatic carbocycles. The van der Waals surface area contributed by atoms with Crippen molar-refractivity contribution in [3.8, 4) is 11.6 Å². The van der Waals surface area contributed by atoms with Crippen LogP contribution in [-0.2, 0) is 0 Å². The zero-order valence-electron chi connectivity index (χ0n) is 12.7. The second-order valence-electron chi connectivity index (χ2n) is 5.39. The average molecular weight is 285 g/mol. The van der Waals surface area contributed by atoms with Gasteiger partial charge in [-0.15, -0.1) is 0 Å². The number of hydrogen-bond donors (Lipinski definition) is 1. The molecule has 0 aliphatic rings. The van der Waals surface area contributed by atoms with Crippen LogP contribution in [-0.4, -0.2) is 16.1 Å². The third-order valence-corrected chi connectivity index (χ3v) is 3.42. The molecule has 0 fully saturated rings. The third-order valence-electron chi connectivity index (χ3n) is 3.42. The van der Waals surface area contributed by atoms with Crippen LogP contribution in [0.4, 0.5) is 0 Å². The van der Waals surface area contributed by atoms with Crippen LogP contribution < -0.4 is 4.74 Å². The number of nitrogens with zero attached hydrogens (tertiary/aromatic N) is 1. The monoisotopic (exact) mass is 285 g/mol. The largest absolute Gasteiger partial charge is 0.477 e. The first kappa shape index (κ1) is 15.0. The normalized spacial score (nSPS) is 10.7. The van der Waals surface area contributed by atoms with Crippen molar-refractivity contribution in [3.05, 3.63) is 52.7 Å². The van der Waals surface area contributed by atoms with Crippen LogP contribution in [0.15, 0.2) is 30.5 Å². The molecule has 2 aromatic rings. The molecule has 0 spiro atoms. The van der Waals surface area contributed by atoms with Crippen LogP contribution >= 0.6 is 0 Å². The van der Waals surface area contributed by atoms with E-state index in [9.17, 15) is 9.90 Å². The van der Waals surface area contributed by atoms with Gasteiger partial charge in [-0.1, -0.05) is 19.9 Å². The van der Waals surface area contributed by atoms with Crippen molar-refractivity contribution < 1.29 is 14.6 Å². The fourth-order valence-corrected chi connectivity index (χ4v) is 2.34. The summed E-state index contributed by atoms with van der Waals surface area (Å²) in [6.45, 7) is 8.01. The van der Waals surface area contributed by atoms with Gasteiger partial charge in [0.1, 0.15) is 11.3 Å². The van der Waals surface area contributed by atoms with Gasteiger partial charge in [0, 0.05) is 6.20 Å². The molecule has 0 bridgehead atoms. The molecule has 21 heavy (non-hydrogen) atoms. The second-order valence-corrected chi connectivity index (χ2v) is 5.39. The zero-order chi connectivity index (χ0) is 15.6. The van der Waals surface area contributed by atoms with Crippen LogP contribution in [0, 0.1) is 13.8 Å². The van der Waals surface area contributed by atoms with Gasteiger partial charge in [-0.3, -0.25) is 0 Å². The summed E-state index contributed by atoms with van der Waals surface area (Å²) >= 11 is 0. The molecule has 0 saturated carbocycles. The van der Waals surface area contributed by atoms with E-state index in [4.69, 9.17) is 4.74 Å². The minimum Gasteiger partial charge on any atom is -0.477 e. The molecule has 1 N–H and O–H groups in total. The number of pyridine rings is 1. The van der Waals surface area contributed by atoms with Gasteiger partial charge in [-0.2, -0.15) is 0 Å². The molecule has 2 rings (SSSR count). The summed E-state index contributed by atoms with van der Waals surface area (Å²) in [5, 5.41) is 9.28. The van der Waals surface area contributed by atoms with Gasteiger partial charge < -0.3 is 9.84 Å². The molecule has 0 radical (unpaired) electrons. The lowest BCUT2D eigenvalue weighted by atomic mass is 9.98. The number of hydrogen-bond acceptors (Lipinski definition) is 3. The van der Waals surface area contributed by atoms with E-state index in [1.54, 1.807) is 19.2 Å². The summed E-state index contributed by atoms with van der Waals surface area (Å²) in [6, 6.07) is 7.41. The summed E-state index contributed by atoms with van der Waals surface area (Å²) < 4.78 is 5.68. The highest BCUT2D eigenvalue weighted by Crippen LogP contribution is 2.28. The molecule has 0 saturated heterocycles. The van der Waals surface area contributed by atoms with Crippen molar-refractivity contribution in [3.63, 3.8) is 0 Å². The maximum atomic E-state index is 11.3. The Bertz CT molecular complexity index is 678. The van der Waals surface area contributed by atoms with Crippen LogP contribution in [0.3, 0.4) is 0 Å². The average Bonchev–Trinajstić information content (AvgIpc) is 2.37. The number of aromatic nitrogens is 1. The lowest BCUT2D eigenvalue weighted by Crippen LogP contribution is -2.04. The quantitative estimate of drug-likeness (QED) is 0.909. The first-order valence-corrected chi connectivity index (χ1v) is 6.87. The standard InChI is InChI=1S/C17H19NO3/c1-10(2)14-6-5-13(9-12(14)4)21-16-15(17(19)20)11(3)7-8-18-16/h5-10H,1-4H3,(H,19,20). The van der Waals surface area contributed by atoms with E-state index in [0.717, 1.165) is 5.56 Å². The highest BCUT2D eigenvalue weighted by molar-refractivity contribution is 5.91. The number of benzene rings is 1. The second kappa shape index (κ2) is 5.95. The number of carbonyl (C=O) groups is 1. The number of carboxylic acids is 1. The Balaban J connectivity index is 2.37. The molecule has 4 nitrogen and oxygen atoms in total. The minimum absolute atomic E-state index is 0.100. The van der Waals surface area contributed by atoms with E-state index in [-0.39, 0.29) is 11.4 Å². The molecule has 0 aliphatic heterocycles. The third kappa shape index (κ3) is 3.21. The summed E-state index contributed by atoms with van der Waals surface area (Å²) in [7, 11) is 0. The lowest BCUT2D eigenvalue weighted by molar-refractivity contribution is 0.0692. The fourth-order valence-electron chi connectivity index (χ4n) is 2.34. The summed E-state index contributed by atoms with van der Waals surface area (Å²) in [5.74, 6) is 0.119. The SMILES string of the molecule is Cc1cc(Oc2nccc(C)c2C(=O)O)ccc1C(C)C. The fraction of sp³-hybridized carbons (Fsp3) is 0.294. The van der Waals surface area contributed by atoms with Crippen molar-refractivity contribution in [1.29, 1.82) is 0 Å². The lowest BCUT2D eigenvalue weighted by Gasteiger charge is -2.13.